The van der Waals surface area contributed by atoms with E-state index in [4.69, 9.17) is 0 Å². The van der Waals surface area contributed by atoms with Crippen LogP contribution < -0.4 is 0 Å². The van der Waals surface area contributed by atoms with Crippen LogP contribution >= 0.6 is 0 Å². The Morgan fingerprint density at radius 3 is 1.38 bits per heavy atom. The van der Waals surface area contributed by atoms with E-state index in [9.17, 15) is 0 Å². The van der Waals surface area contributed by atoms with Crippen molar-refractivity contribution in [2.24, 2.45) is 0 Å². The molecule has 0 amide bonds. The minimum atomic E-state index is 1.05. The van der Waals surface area contributed by atoms with Crippen molar-refractivity contribution in [2.75, 3.05) is 0 Å². The first-order valence-corrected chi connectivity index (χ1v) is 5.27. The van der Waals surface area contributed by atoms with Gasteiger partial charge in [-0.05, 0) is 19.9 Å². The molecule has 1 N–H and O–H groups in total. The topological polar surface area (TPSA) is 28.7 Å². The second kappa shape index (κ2) is 17.3. The van der Waals surface area contributed by atoms with Gasteiger partial charge in [0.25, 0.3) is 0 Å². The van der Waals surface area contributed by atoms with Crippen LogP contribution in [0.5, 0.6) is 0 Å². The van der Waals surface area contributed by atoms with Crippen molar-refractivity contribution in [3.63, 3.8) is 0 Å². The number of aromatic amines is 1. The van der Waals surface area contributed by atoms with Crippen molar-refractivity contribution >= 4 is 0 Å². The molecule has 0 atom stereocenters. The first-order chi connectivity index (χ1) is 6.29. The molecule has 0 unspecified atom stereocenters. The number of hydrogen-bond donors (Lipinski definition) is 1. The van der Waals surface area contributed by atoms with E-state index in [2.05, 4.69) is 10.2 Å². The number of aryl methyl sites for hydroxylation is 2. The van der Waals surface area contributed by atoms with Gasteiger partial charge in [-0.2, -0.15) is 5.10 Å². The van der Waals surface area contributed by atoms with Crippen molar-refractivity contribution in [1.29, 1.82) is 0 Å². The fraction of sp³-hybridized carbons (Fsp3) is 0.727. The largest absolute Gasteiger partial charge is 0.283 e. The number of hydrogen-bond acceptors (Lipinski definition) is 1. The van der Waals surface area contributed by atoms with Crippen LogP contribution in [-0.4, -0.2) is 10.2 Å². The number of nitrogens with one attached hydrogen (secondary N) is 1. The first kappa shape index (κ1) is 18.1. The maximum Gasteiger partial charge on any atom is 0.0593 e. The first-order valence-electron chi connectivity index (χ1n) is 5.27. The van der Waals surface area contributed by atoms with E-state index >= 15 is 0 Å². The van der Waals surface area contributed by atoms with E-state index in [0.29, 0.717) is 0 Å². The summed E-state index contributed by atoms with van der Waals surface area (Å²) in [7, 11) is 0. The fourth-order valence-electron chi connectivity index (χ4n) is 0.554. The zero-order chi connectivity index (χ0) is 11.3. The Morgan fingerprint density at radius 1 is 0.923 bits per heavy atom. The number of nitrogens with zero attached hydrogens (tertiary/aromatic N) is 1. The Morgan fingerprint density at radius 2 is 1.31 bits per heavy atom. The van der Waals surface area contributed by atoms with Crippen molar-refractivity contribution in [3.8, 4) is 0 Å². The zero-order valence-electron chi connectivity index (χ0n) is 10.5. The maximum atomic E-state index is 3.89. The molecule has 0 spiro atoms. The van der Waals surface area contributed by atoms with Crippen LogP contribution in [0.3, 0.4) is 0 Å². The lowest BCUT2D eigenvalue weighted by Gasteiger charge is -1.68. The number of rotatable bonds is 0. The highest BCUT2D eigenvalue weighted by Crippen LogP contribution is 1.92. The third-order valence-corrected chi connectivity index (χ3v) is 0.834. The molecule has 0 saturated carbocycles. The monoisotopic (exact) mass is 186 g/mol. The van der Waals surface area contributed by atoms with Gasteiger partial charge in [0.05, 0.1) is 5.69 Å². The molecule has 1 rings (SSSR count). The van der Waals surface area contributed by atoms with E-state index < -0.39 is 0 Å². The van der Waals surface area contributed by atoms with E-state index in [1.807, 2.05) is 61.5 Å². The molecule has 0 aliphatic heterocycles. The molecule has 2 nitrogen and oxygen atoms in total. The molecule has 0 aromatic carbocycles. The summed E-state index contributed by atoms with van der Waals surface area (Å²) in [5.41, 5.74) is 2.18. The summed E-state index contributed by atoms with van der Waals surface area (Å²) in [4.78, 5) is 0. The Hall–Kier alpha value is -0.790. The maximum absolute atomic E-state index is 3.89. The van der Waals surface area contributed by atoms with Crippen molar-refractivity contribution < 1.29 is 0 Å². The summed E-state index contributed by atoms with van der Waals surface area (Å²) in [5.74, 6) is 0. The lowest BCUT2D eigenvalue weighted by molar-refractivity contribution is 1.02. The standard InChI is InChI=1S/C5H8N2.3C2H6/c1-4-3-5(2)7-6-4;3*1-2/h3H,1-2H3,(H,6,7);3*1-2H3. The summed E-state index contributed by atoms with van der Waals surface area (Å²) in [6, 6.07) is 2.00. The van der Waals surface area contributed by atoms with Crippen LogP contribution in [0, 0.1) is 13.8 Å². The average Bonchev–Trinajstić information content (AvgIpc) is 2.60. The molecule has 1 aromatic heterocycles. The quantitative estimate of drug-likeness (QED) is 0.649. The Bertz CT molecular complexity index is 140. The van der Waals surface area contributed by atoms with Gasteiger partial charge in [0.1, 0.15) is 0 Å². The highest BCUT2D eigenvalue weighted by Gasteiger charge is 1.84. The molecule has 0 aliphatic rings. The summed E-state index contributed by atoms with van der Waals surface area (Å²) in [6.07, 6.45) is 0. The molecule has 1 heterocycles. The van der Waals surface area contributed by atoms with E-state index in [-0.39, 0.29) is 0 Å². The Balaban J connectivity index is -0.000000144. The molecule has 0 aliphatic carbocycles. The predicted octanol–water partition coefficient (Wildman–Crippen LogP) is 4.11. The van der Waals surface area contributed by atoms with Gasteiger partial charge < -0.3 is 0 Å². The smallest absolute Gasteiger partial charge is 0.0593 e. The molecular weight excluding hydrogens is 160 g/mol. The second-order valence-corrected chi connectivity index (χ2v) is 1.69. The molecule has 0 radical (unpaired) electrons. The Labute approximate surface area is 83.8 Å². The highest BCUT2D eigenvalue weighted by molar-refractivity contribution is 5.03. The average molecular weight is 186 g/mol. The SMILES string of the molecule is CC.CC.CC.Cc1cc(C)[nH]n1. The molecule has 0 bridgehead atoms. The van der Waals surface area contributed by atoms with Crippen molar-refractivity contribution in [3.05, 3.63) is 17.5 Å². The van der Waals surface area contributed by atoms with Gasteiger partial charge >= 0.3 is 0 Å². The summed E-state index contributed by atoms with van der Waals surface area (Å²) < 4.78 is 0. The minimum Gasteiger partial charge on any atom is -0.283 e. The van der Waals surface area contributed by atoms with E-state index in [1.165, 1.54) is 0 Å². The minimum absolute atomic E-state index is 1.05. The van der Waals surface area contributed by atoms with Crippen molar-refractivity contribution in [1.82, 2.24) is 10.2 Å². The third kappa shape index (κ3) is 14.1. The van der Waals surface area contributed by atoms with E-state index in [1.54, 1.807) is 0 Å². The molecule has 0 fully saturated rings. The van der Waals surface area contributed by atoms with Gasteiger partial charge in [-0.1, -0.05) is 41.5 Å². The van der Waals surface area contributed by atoms with Crippen LogP contribution in [0.1, 0.15) is 52.9 Å². The molecule has 2 heteroatoms. The summed E-state index contributed by atoms with van der Waals surface area (Å²) in [5, 5.41) is 6.71. The number of aromatic nitrogens is 2. The molecular formula is C11H26N2. The lowest BCUT2D eigenvalue weighted by atomic mass is 10.4. The molecule has 0 saturated heterocycles. The van der Waals surface area contributed by atoms with Crippen LogP contribution in [0.15, 0.2) is 6.07 Å². The summed E-state index contributed by atoms with van der Waals surface area (Å²) in [6.45, 7) is 15.9. The normalized spacial score (nSPS) is 6.46. The van der Waals surface area contributed by atoms with Gasteiger partial charge in [0.2, 0.25) is 0 Å². The van der Waals surface area contributed by atoms with Gasteiger partial charge in [-0.25, -0.2) is 0 Å². The van der Waals surface area contributed by atoms with Gasteiger partial charge in [-0.15, -0.1) is 0 Å². The van der Waals surface area contributed by atoms with Gasteiger partial charge in [0, 0.05) is 5.69 Å². The van der Waals surface area contributed by atoms with Crippen LogP contribution in [0.25, 0.3) is 0 Å². The third-order valence-electron chi connectivity index (χ3n) is 0.834. The zero-order valence-corrected chi connectivity index (χ0v) is 10.5. The van der Waals surface area contributed by atoms with Crippen LogP contribution in [-0.2, 0) is 0 Å². The van der Waals surface area contributed by atoms with Crippen LogP contribution in [0.4, 0.5) is 0 Å². The molecule has 80 valence electrons. The lowest BCUT2D eigenvalue weighted by Crippen LogP contribution is -1.68. The highest BCUT2D eigenvalue weighted by atomic mass is 15.1. The van der Waals surface area contributed by atoms with Crippen molar-refractivity contribution in [2.45, 2.75) is 55.4 Å². The molecule has 1 aromatic rings. The second-order valence-electron chi connectivity index (χ2n) is 1.69. The number of H-pyrrole nitrogens is 1. The van der Waals surface area contributed by atoms with Crippen LogP contribution in [0.2, 0.25) is 0 Å². The Kier molecular flexibility index (Phi) is 24.1. The summed E-state index contributed by atoms with van der Waals surface area (Å²) >= 11 is 0. The van der Waals surface area contributed by atoms with Gasteiger partial charge in [-0.3, -0.25) is 5.10 Å². The molecule has 13 heavy (non-hydrogen) atoms. The predicted molar refractivity (Wildman–Crippen MR) is 62.1 cm³/mol. The fourth-order valence-corrected chi connectivity index (χ4v) is 0.554. The van der Waals surface area contributed by atoms with E-state index in [0.717, 1.165) is 11.4 Å². The van der Waals surface area contributed by atoms with Gasteiger partial charge in [0.15, 0.2) is 0 Å².